The Hall–Kier alpha value is -2.67. The number of amides is 1. The molecule has 1 N–H and O–H groups in total. The highest BCUT2D eigenvalue weighted by Gasteiger charge is 2.13. The monoisotopic (exact) mass is 345 g/mol. The number of benzene rings is 1. The second-order valence-corrected chi connectivity index (χ2v) is 5.96. The minimum absolute atomic E-state index is 0.110. The molecule has 124 valence electrons. The predicted molar refractivity (Wildman–Crippen MR) is 90.8 cm³/mol. The van der Waals surface area contributed by atoms with Crippen LogP contribution in [0, 0.1) is 0 Å². The van der Waals surface area contributed by atoms with Crippen molar-refractivity contribution in [1.82, 2.24) is 24.6 Å². The molecule has 0 fully saturated rings. The Bertz CT molecular complexity index is 963. The summed E-state index contributed by atoms with van der Waals surface area (Å²) in [4.78, 5) is 28.7. The molecular formula is C16H16ClN5O2. The molecule has 2 heterocycles. The maximum atomic E-state index is 12.3. The van der Waals surface area contributed by atoms with Crippen LogP contribution in [0.4, 0.5) is 0 Å². The van der Waals surface area contributed by atoms with Crippen LogP contribution in [0.25, 0.3) is 11.0 Å². The quantitative estimate of drug-likeness (QED) is 0.779. The van der Waals surface area contributed by atoms with Gasteiger partial charge in [0.15, 0.2) is 5.65 Å². The number of rotatable bonds is 4. The van der Waals surface area contributed by atoms with Crippen LogP contribution in [-0.4, -0.2) is 25.2 Å². The van der Waals surface area contributed by atoms with E-state index in [9.17, 15) is 9.59 Å². The van der Waals surface area contributed by atoms with Gasteiger partial charge in [0.05, 0.1) is 12.2 Å². The van der Waals surface area contributed by atoms with Crippen LogP contribution in [0.1, 0.15) is 18.5 Å². The lowest BCUT2D eigenvalue weighted by molar-refractivity contribution is -0.122. The average molecular weight is 346 g/mol. The lowest BCUT2D eigenvalue weighted by atomic mass is 10.1. The second-order valence-electron chi connectivity index (χ2n) is 5.53. The van der Waals surface area contributed by atoms with Crippen molar-refractivity contribution in [3.05, 3.63) is 57.7 Å². The number of aryl methyl sites for hydroxylation is 1. The van der Waals surface area contributed by atoms with Crippen molar-refractivity contribution in [3.8, 4) is 0 Å². The molecule has 0 saturated heterocycles. The highest BCUT2D eigenvalue weighted by atomic mass is 35.5. The Morgan fingerprint density at radius 1 is 1.42 bits per heavy atom. The van der Waals surface area contributed by atoms with E-state index in [1.165, 1.54) is 21.8 Å². The smallest absolute Gasteiger partial charge is 0.264 e. The van der Waals surface area contributed by atoms with Crippen molar-refractivity contribution in [2.75, 3.05) is 0 Å². The SMILES string of the molecule is CC(NC(=O)Cn1cnc2c(cnn2C)c1=O)c1cccc(Cl)c1. The van der Waals surface area contributed by atoms with E-state index in [4.69, 9.17) is 11.6 Å². The zero-order valence-electron chi connectivity index (χ0n) is 13.2. The summed E-state index contributed by atoms with van der Waals surface area (Å²) in [6, 6.07) is 7.05. The van der Waals surface area contributed by atoms with Crippen LogP contribution in [0.2, 0.25) is 5.02 Å². The molecule has 0 saturated carbocycles. The van der Waals surface area contributed by atoms with Crippen LogP contribution in [0.15, 0.2) is 41.6 Å². The summed E-state index contributed by atoms with van der Waals surface area (Å²) in [5, 5.41) is 7.84. The molecule has 2 aromatic heterocycles. The lowest BCUT2D eigenvalue weighted by Crippen LogP contribution is -2.33. The Morgan fingerprint density at radius 2 is 2.21 bits per heavy atom. The number of carbonyl (C=O) groups is 1. The van der Waals surface area contributed by atoms with Crippen molar-refractivity contribution >= 4 is 28.5 Å². The van der Waals surface area contributed by atoms with Crippen molar-refractivity contribution < 1.29 is 4.79 Å². The number of hydrogen-bond donors (Lipinski definition) is 1. The third kappa shape index (κ3) is 3.16. The second kappa shape index (κ2) is 6.45. The van der Waals surface area contributed by atoms with Crippen LogP contribution >= 0.6 is 11.6 Å². The maximum Gasteiger partial charge on any atom is 0.264 e. The highest BCUT2D eigenvalue weighted by Crippen LogP contribution is 2.17. The molecular weight excluding hydrogens is 330 g/mol. The molecule has 24 heavy (non-hydrogen) atoms. The fourth-order valence-corrected chi connectivity index (χ4v) is 2.68. The predicted octanol–water partition coefficient (Wildman–Crippen LogP) is 1.66. The number of carbonyl (C=O) groups excluding carboxylic acids is 1. The van der Waals surface area contributed by atoms with E-state index in [1.807, 2.05) is 19.1 Å². The van der Waals surface area contributed by atoms with Crippen LogP contribution in [0.5, 0.6) is 0 Å². The molecule has 0 radical (unpaired) electrons. The Labute approximate surface area is 142 Å². The van der Waals surface area contributed by atoms with E-state index in [1.54, 1.807) is 19.2 Å². The van der Waals surface area contributed by atoms with E-state index in [0.29, 0.717) is 16.1 Å². The normalized spacial score (nSPS) is 12.3. The van der Waals surface area contributed by atoms with E-state index in [0.717, 1.165) is 5.56 Å². The first-order valence-corrected chi connectivity index (χ1v) is 7.75. The summed E-state index contributed by atoms with van der Waals surface area (Å²) in [5.41, 5.74) is 1.09. The van der Waals surface area contributed by atoms with Crippen LogP contribution in [0.3, 0.4) is 0 Å². The summed E-state index contributed by atoms with van der Waals surface area (Å²) in [6.07, 6.45) is 2.81. The molecule has 7 nitrogen and oxygen atoms in total. The van der Waals surface area contributed by atoms with Crippen molar-refractivity contribution in [1.29, 1.82) is 0 Å². The fraction of sp³-hybridized carbons (Fsp3) is 0.250. The van der Waals surface area contributed by atoms with Gasteiger partial charge in [-0.2, -0.15) is 5.10 Å². The molecule has 3 rings (SSSR count). The van der Waals surface area contributed by atoms with Gasteiger partial charge in [0.1, 0.15) is 18.3 Å². The molecule has 0 spiro atoms. The summed E-state index contributed by atoms with van der Waals surface area (Å²) < 4.78 is 2.78. The third-order valence-electron chi connectivity index (χ3n) is 3.76. The Morgan fingerprint density at radius 3 is 2.96 bits per heavy atom. The molecule has 0 aliphatic carbocycles. The number of nitrogens with zero attached hydrogens (tertiary/aromatic N) is 4. The van der Waals surface area contributed by atoms with Gasteiger partial charge < -0.3 is 5.32 Å². The molecule has 3 aromatic rings. The highest BCUT2D eigenvalue weighted by molar-refractivity contribution is 6.30. The van der Waals surface area contributed by atoms with Crippen molar-refractivity contribution in [2.45, 2.75) is 19.5 Å². The molecule has 0 aliphatic rings. The third-order valence-corrected chi connectivity index (χ3v) is 3.99. The van der Waals surface area contributed by atoms with E-state index >= 15 is 0 Å². The summed E-state index contributed by atoms with van der Waals surface area (Å²) in [5.74, 6) is -0.283. The Kier molecular flexibility index (Phi) is 4.35. The van der Waals surface area contributed by atoms with Gasteiger partial charge in [-0.3, -0.25) is 18.8 Å². The molecule has 0 bridgehead atoms. The molecule has 1 atom stereocenters. The zero-order chi connectivity index (χ0) is 17.3. The minimum Gasteiger partial charge on any atom is -0.348 e. The van der Waals surface area contributed by atoms with Gasteiger partial charge in [-0.05, 0) is 24.6 Å². The van der Waals surface area contributed by atoms with Crippen LogP contribution in [-0.2, 0) is 18.4 Å². The number of fused-ring (bicyclic) bond motifs is 1. The molecule has 8 heteroatoms. The first-order valence-electron chi connectivity index (χ1n) is 7.37. The van der Waals surface area contributed by atoms with Gasteiger partial charge in [-0.1, -0.05) is 23.7 Å². The Balaban J connectivity index is 1.75. The summed E-state index contributed by atoms with van der Waals surface area (Å²) in [7, 11) is 1.71. The van der Waals surface area contributed by atoms with E-state index in [2.05, 4.69) is 15.4 Å². The largest absolute Gasteiger partial charge is 0.348 e. The molecule has 1 aromatic carbocycles. The standard InChI is InChI=1S/C16H16ClN5O2/c1-10(11-4-3-5-12(17)6-11)20-14(23)8-22-9-18-15-13(16(22)24)7-19-21(15)2/h3-7,9-10H,8H2,1-2H3,(H,20,23). The van der Waals surface area contributed by atoms with Crippen molar-refractivity contribution in [3.63, 3.8) is 0 Å². The number of nitrogens with one attached hydrogen (secondary N) is 1. The maximum absolute atomic E-state index is 12.3. The minimum atomic E-state index is -0.293. The first kappa shape index (κ1) is 16.2. The summed E-state index contributed by atoms with van der Waals surface area (Å²) >= 11 is 5.96. The zero-order valence-corrected chi connectivity index (χ0v) is 14.0. The number of aromatic nitrogens is 4. The van der Waals surface area contributed by atoms with Gasteiger partial charge in [-0.15, -0.1) is 0 Å². The molecule has 1 amide bonds. The van der Waals surface area contributed by atoms with Gasteiger partial charge in [0.25, 0.3) is 5.56 Å². The van der Waals surface area contributed by atoms with E-state index < -0.39 is 0 Å². The van der Waals surface area contributed by atoms with Crippen LogP contribution < -0.4 is 10.9 Å². The van der Waals surface area contributed by atoms with Gasteiger partial charge in [0, 0.05) is 12.1 Å². The van der Waals surface area contributed by atoms with Crippen molar-refractivity contribution in [2.24, 2.45) is 7.05 Å². The lowest BCUT2D eigenvalue weighted by Gasteiger charge is -2.15. The molecule has 0 aliphatic heterocycles. The van der Waals surface area contributed by atoms with Gasteiger partial charge >= 0.3 is 0 Å². The van der Waals surface area contributed by atoms with Gasteiger partial charge in [-0.25, -0.2) is 4.98 Å². The fourth-order valence-electron chi connectivity index (χ4n) is 2.48. The van der Waals surface area contributed by atoms with Gasteiger partial charge in [0.2, 0.25) is 5.91 Å². The molecule has 1 unspecified atom stereocenters. The number of hydrogen-bond acceptors (Lipinski definition) is 4. The average Bonchev–Trinajstić information content (AvgIpc) is 2.92. The topological polar surface area (TPSA) is 81.8 Å². The van der Waals surface area contributed by atoms with E-state index in [-0.39, 0.29) is 24.1 Å². The first-order chi connectivity index (χ1) is 11.5. The summed E-state index contributed by atoms with van der Waals surface area (Å²) in [6.45, 7) is 1.75. The number of halogens is 1.